The van der Waals surface area contributed by atoms with Crippen molar-refractivity contribution in [2.75, 3.05) is 0 Å². The van der Waals surface area contributed by atoms with Gasteiger partial charge in [-0.05, 0) is 18.1 Å². The SMILES string of the molecule is O=C(O)Cc1cnc(CCc2ccccc2Cl)o1. The van der Waals surface area contributed by atoms with Crippen LogP contribution in [-0.4, -0.2) is 16.1 Å². The van der Waals surface area contributed by atoms with Crippen molar-refractivity contribution in [3.8, 4) is 0 Å². The topological polar surface area (TPSA) is 63.3 Å². The maximum absolute atomic E-state index is 10.5. The first-order chi connectivity index (χ1) is 8.65. The van der Waals surface area contributed by atoms with E-state index in [-0.39, 0.29) is 6.42 Å². The fraction of sp³-hybridized carbons (Fsp3) is 0.231. The van der Waals surface area contributed by atoms with Crippen LogP contribution in [0.2, 0.25) is 5.02 Å². The lowest BCUT2D eigenvalue weighted by atomic mass is 10.1. The quantitative estimate of drug-likeness (QED) is 0.903. The maximum atomic E-state index is 10.5. The Bertz CT molecular complexity index is 551. The van der Waals surface area contributed by atoms with Gasteiger partial charge in [-0.3, -0.25) is 4.79 Å². The van der Waals surface area contributed by atoms with E-state index in [1.165, 1.54) is 6.20 Å². The van der Waals surface area contributed by atoms with E-state index < -0.39 is 5.97 Å². The van der Waals surface area contributed by atoms with Gasteiger partial charge in [0.25, 0.3) is 0 Å². The van der Waals surface area contributed by atoms with E-state index >= 15 is 0 Å². The molecule has 0 radical (unpaired) electrons. The van der Waals surface area contributed by atoms with Crippen LogP contribution in [-0.2, 0) is 24.1 Å². The molecule has 0 spiro atoms. The van der Waals surface area contributed by atoms with E-state index in [0.717, 1.165) is 10.6 Å². The highest BCUT2D eigenvalue weighted by Gasteiger charge is 2.08. The first-order valence-corrected chi connectivity index (χ1v) is 5.91. The molecule has 1 aromatic heterocycles. The lowest BCUT2D eigenvalue weighted by Crippen LogP contribution is -1.98. The second-order valence-corrected chi connectivity index (χ2v) is 4.29. The Labute approximate surface area is 109 Å². The minimum Gasteiger partial charge on any atom is -0.481 e. The summed E-state index contributed by atoms with van der Waals surface area (Å²) in [6.45, 7) is 0. The highest BCUT2D eigenvalue weighted by atomic mass is 35.5. The van der Waals surface area contributed by atoms with Gasteiger partial charge in [0, 0.05) is 11.4 Å². The van der Waals surface area contributed by atoms with E-state index in [1.807, 2.05) is 24.3 Å². The number of hydrogen-bond donors (Lipinski definition) is 1. The number of carbonyl (C=O) groups is 1. The summed E-state index contributed by atoms with van der Waals surface area (Å²) in [6.07, 6.45) is 2.63. The molecule has 0 aliphatic carbocycles. The summed E-state index contributed by atoms with van der Waals surface area (Å²) in [5.41, 5.74) is 1.03. The molecular formula is C13H12ClNO3. The molecule has 2 rings (SSSR count). The van der Waals surface area contributed by atoms with Gasteiger partial charge in [0.1, 0.15) is 12.2 Å². The van der Waals surface area contributed by atoms with E-state index in [4.69, 9.17) is 21.1 Å². The molecule has 0 fully saturated rings. The van der Waals surface area contributed by atoms with Gasteiger partial charge in [0.05, 0.1) is 6.20 Å². The summed E-state index contributed by atoms with van der Waals surface area (Å²) in [6, 6.07) is 7.58. The van der Waals surface area contributed by atoms with Crippen molar-refractivity contribution in [3.05, 3.63) is 52.7 Å². The Morgan fingerprint density at radius 2 is 2.11 bits per heavy atom. The van der Waals surface area contributed by atoms with Crippen LogP contribution in [0.5, 0.6) is 0 Å². The summed E-state index contributed by atoms with van der Waals surface area (Å²) in [5, 5.41) is 9.33. The molecule has 0 saturated carbocycles. The molecule has 0 amide bonds. The number of aliphatic carboxylic acids is 1. The third-order valence-electron chi connectivity index (χ3n) is 2.49. The molecule has 2 aromatic rings. The number of oxazole rings is 1. The van der Waals surface area contributed by atoms with Crippen molar-refractivity contribution in [2.24, 2.45) is 0 Å². The largest absolute Gasteiger partial charge is 0.481 e. The molecule has 1 N–H and O–H groups in total. The minimum atomic E-state index is -0.927. The lowest BCUT2D eigenvalue weighted by molar-refractivity contribution is -0.136. The summed E-state index contributed by atoms with van der Waals surface area (Å²) in [4.78, 5) is 14.5. The number of halogens is 1. The van der Waals surface area contributed by atoms with Crippen LogP contribution in [0.3, 0.4) is 0 Å². The van der Waals surface area contributed by atoms with Crippen LogP contribution in [0.4, 0.5) is 0 Å². The Morgan fingerprint density at radius 1 is 1.33 bits per heavy atom. The summed E-state index contributed by atoms with van der Waals surface area (Å²) >= 11 is 6.04. The van der Waals surface area contributed by atoms with Crippen molar-refractivity contribution in [1.29, 1.82) is 0 Å². The zero-order valence-corrected chi connectivity index (χ0v) is 10.4. The number of aryl methyl sites for hydroxylation is 2. The molecule has 0 atom stereocenters. The monoisotopic (exact) mass is 265 g/mol. The number of benzene rings is 1. The van der Waals surface area contributed by atoms with Crippen molar-refractivity contribution in [2.45, 2.75) is 19.3 Å². The van der Waals surface area contributed by atoms with Gasteiger partial charge in [-0.15, -0.1) is 0 Å². The van der Waals surface area contributed by atoms with E-state index in [0.29, 0.717) is 24.5 Å². The fourth-order valence-electron chi connectivity index (χ4n) is 1.64. The predicted octanol–water partition coefficient (Wildman–Crippen LogP) is 2.74. The number of hydrogen-bond acceptors (Lipinski definition) is 3. The molecule has 0 aliphatic heterocycles. The average molecular weight is 266 g/mol. The fourth-order valence-corrected chi connectivity index (χ4v) is 1.87. The van der Waals surface area contributed by atoms with Crippen LogP contribution >= 0.6 is 11.6 Å². The molecule has 1 heterocycles. The van der Waals surface area contributed by atoms with Gasteiger partial charge in [0.15, 0.2) is 5.89 Å². The van der Waals surface area contributed by atoms with E-state index in [1.54, 1.807) is 0 Å². The predicted molar refractivity (Wildman–Crippen MR) is 66.7 cm³/mol. The Kier molecular flexibility index (Phi) is 3.99. The third-order valence-corrected chi connectivity index (χ3v) is 2.86. The zero-order chi connectivity index (χ0) is 13.0. The molecule has 0 aliphatic rings. The van der Waals surface area contributed by atoms with Gasteiger partial charge in [-0.25, -0.2) is 4.98 Å². The zero-order valence-electron chi connectivity index (χ0n) is 9.60. The first-order valence-electron chi connectivity index (χ1n) is 5.54. The smallest absolute Gasteiger partial charge is 0.311 e. The summed E-state index contributed by atoms with van der Waals surface area (Å²) in [5.74, 6) is -0.0216. The minimum absolute atomic E-state index is 0.140. The van der Waals surface area contributed by atoms with Crippen molar-refractivity contribution in [1.82, 2.24) is 4.98 Å². The normalized spacial score (nSPS) is 10.5. The molecule has 4 nitrogen and oxygen atoms in total. The highest BCUT2D eigenvalue weighted by molar-refractivity contribution is 6.31. The first kappa shape index (κ1) is 12.6. The third kappa shape index (κ3) is 3.34. The van der Waals surface area contributed by atoms with Gasteiger partial charge >= 0.3 is 5.97 Å². The molecule has 0 saturated heterocycles. The number of carboxylic acids is 1. The van der Waals surface area contributed by atoms with Crippen molar-refractivity contribution in [3.63, 3.8) is 0 Å². The van der Waals surface area contributed by atoms with Crippen LogP contribution in [0, 0.1) is 0 Å². The van der Waals surface area contributed by atoms with Crippen LogP contribution in [0.1, 0.15) is 17.2 Å². The Hall–Kier alpha value is -1.81. The maximum Gasteiger partial charge on any atom is 0.311 e. The molecule has 1 aromatic carbocycles. The summed E-state index contributed by atoms with van der Waals surface area (Å²) < 4.78 is 5.32. The standard InChI is InChI=1S/C13H12ClNO3/c14-11-4-2-1-3-9(11)5-6-12-15-8-10(18-12)7-13(16)17/h1-4,8H,5-7H2,(H,16,17). The van der Waals surface area contributed by atoms with Gasteiger partial charge in [0.2, 0.25) is 0 Å². The second kappa shape index (κ2) is 5.69. The molecule has 18 heavy (non-hydrogen) atoms. The molecular weight excluding hydrogens is 254 g/mol. The van der Waals surface area contributed by atoms with Crippen molar-refractivity contribution < 1.29 is 14.3 Å². The average Bonchev–Trinajstić information content (AvgIpc) is 2.75. The second-order valence-electron chi connectivity index (χ2n) is 3.88. The van der Waals surface area contributed by atoms with Crippen LogP contribution in [0.15, 0.2) is 34.9 Å². The van der Waals surface area contributed by atoms with Gasteiger partial charge in [-0.1, -0.05) is 29.8 Å². The Balaban J connectivity index is 1.96. The number of carboxylic acid groups (broad SMARTS) is 1. The van der Waals surface area contributed by atoms with E-state index in [9.17, 15) is 4.79 Å². The van der Waals surface area contributed by atoms with Crippen molar-refractivity contribution >= 4 is 17.6 Å². The van der Waals surface area contributed by atoms with Gasteiger partial charge in [-0.2, -0.15) is 0 Å². The highest BCUT2D eigenvalue weighted by Crippen LogP contribution is 2.17. The summed E-state index contributed by atoms with van der Waals surface area (Å²) in [7, 11) is 0. The number of aromatic nitrogens is 1. The Morgan fingerprint density at radius 3 is 2.83 bits per heavy atom. The molecule has 5 heteroatoms. The number of nitrogens with zero attached hydrogens (tertiary/aromatic N) is 1. The molecule has 94 valence electrons. The number of rotatable bonds is 5. The molecule has 0 bridgehead atoms. The lowest BCUT2D eigenvalue weighted by Gasteiger charge is -2.01. The van der Waals surface area contributed by atoms with Gasteiger partial charge < -0.3 is 9.52 Å². The van der Waals surface area contributed by atoms with Crippen LogP contribution < -0.4 is 0 Å². The van der Waals surface area contributed by atoms with E-state index in [2.05, 4.69) is 4.98 Å². The molecule has 0 unspecified atom stereocenters. The van der Waals surface area contributed by atoms with Crippen LogP contribution in [0.25, 0.3) is 0 Å².